The molecule has 1 atom stereocenters. The molecule has 0 aliphatic rings. The topological polar surface area (TPSA) is 68.0 Å². The largest absolute Gasteiger partial charge is 0.376 e. The van der Waals surface area contributed by atoms with E-state index in [1.807, 2.05) is 0 Å². The highest BCUT2D eigenvalue weighted by atomic mass is 19.1. The Bertz CT molecular complexity index is 691. The first kappa shape index (κ1) is 14.8. The van der Waals surface area contributed by atoms with Crippen LogP contribution < -0.4 is 11.1 Å². The molecule has 2 rings (SSSR count). The van der Waals surface area contributed by atoms with Crippen LogP contribution >= 0.6 is 0 Å². The van der Waals surface area contributed by atoms with E-state index in [4.69, 9.17) is 5.73 Å². The average Bonchev–Trinajstić information content (AvgIpc) is 2.41. The maximum atomic E-state index is 13.7. The van der Waals surface area contributed by atoms with Crippen LogP contribution in [0.1, 0.15) is 28.9 Å². The fourth-order valence-corrected chi connectivity index (χ4v) is 1.83. The van der Waals surface area contributed by atoms with Gasteiger partial charge in [-0.05, 0) is 24.6 Å². The number of nitrogens with one attached hydrogen (secondary N) is 1. The zero-order chi connectivity index (χ0) is 15.6. The van der Waals surface area contributed by atoms with E-state index in [0.717, 1.165) is 12.3 Å². The molecule has 0 saturated heterocycles. The third-order valence-corrected chi connectivity index (χ3v) is 2.92. The first-order valence-corrected chi connectivity index (χ1v) is 6.04. The van der Waals surface area contributed by atoms with Gasteiger partial charge < -0.3 is 11.1 Å². The van der Waals surface area contributed by atoms with Gasteiger partial charge in [0.15, 0.2) is 0 Å². The van der Waals surface area contributed by atoms with Crippen LogP contribution in [0.4, 0.5) is 18.9 Å². The SMILES string of the molecule is CC(Nc1cc(C(N)=O)c(F)cc1F)c1cncc(F)c1. The van der Waals surface area contributed by atoms with E-state index in [0.29, 0.717) is 11.6 Å². The van der Waals surface area contributed by atoms with Crippen molar-refractivity contribution in [3.05, 3.63) is 59.2 Å². The van der Waals surface area contributed by atoms with Crippen LogP contribution in [0.3, 0.4) is 0 Å². The van der Waals surface area contributed by atoms with Gasteiger partial charge in [-0.15, -0.1) is 0 Å². The molecule has 0 bridgehead atoms. The molecule has 1 aromatic heterocycles. The summed E-state index contributed by atoms with van der Waals surface area (Å²) in [4.78, 5) is 14.7. The van der Waals surface area contributed by atoms with Crippen LogP contribution in [0.15, 0.2) is 30.6 Å². The third-order valence-electron chi connectivity index (χ3n) is 2.92. The fourth-order valence-electron chi connectivity index (χ4n) is 1.83. The molecule has 0 aliphatic carbocycles. The molecule has 0 saturated carbocycles. The first-order chi connectivity index (χ1) is 9.88. The van der Waals surface area contributed by atoms with Crippen molar-refractivity contribution in [1.29, 1.82) is 0 Å². The van der Waals surface area contributed by atoms with E-state index in [1.165, 1.54) is 12.3 Å². The van der Waals surface area contributed by atoms with Crippen molar-refractivity contribution in [2.75, 3.05) is 5.32 Å². The van der Waals surface area contributed by atoms with Gasteiger partial charge in [0.05, 0.1) is 23.5 Å². The van der Waals surface area contributed by atoms with Crippen molar-refractivity contribution < 1.29 is 18.0 Å². The lowest BCUT2D eigenvalue weighted by Gasteiger charge is -2.16. The second kappa shape index (κ2) is 5.82. The number of nitrogens with zero attached hydrogens (tertiary/aromatic N) is 1. The van der Waals surface area contributed by atoms with Gasteiger partial charge in [-0.1, -0.05) is 0 Å². The van der Waals surface area contributed by atoms with E-state index >= 15 is 0 Å². The molecule has 1 unspecified atom stereocenters. The molecule has 1 amide bonds. The molecule has 0 aliphatic heterocycles. The standard InChI is InChI=1S/C14H12F3N3O/c1-7(8-2-9(15)6-19-5-8)20-13-3-10(14(18)21)11(16)4-12(13)17/h2-7,20H,1H3,(H2,18,21). The van der Waals surface area contributed by atoms with Crippen molar-refractivity contribution >= 4 is 11.6 Å². The zero-order valence-electron chi connectivity index (χ0n) is 11.0. The number of halogens is 3. The van der Waals surface area contributed by atoms with Crippen LogP contribution in [0.25, 0.3) is 0 Å². The molecule has 3 N–H and O–H groups in total. The maximum absolute atomic E-state index is 13.7. The zero-order valence-corrected chi connectivity index (χ0v) is 11.0. The summed E-state index contributed by atoms with van der Waals surface area (Å²) in [7, 11) is 0. The van der Waals surface area contributed by atoms with Crippen molar-refractivity contribution in [3.8, 4) is 0 Å². The van der Waals surface area contributed by atoms with Crippen molar-refractivity contribution in [3.63, 3.8) is 0 Å². The molecular weight excluding hydrogens is 283 g/mol. The van der Waals surface area contributed by atoms with Gasteiger partial charge in [0.2, 0.25) is 0 Å². The summed E-state index contributed by atoms with van der Waals surface area (Å²) in [5, 5.41) is 2.72. The van der Waals surface area contributed by atoms with Crippen molar-refractivity contribution in [1.82, 2.24) is 4.98 Å². The Balaban J connectivity index is 2.31. The molecule has 0 fully saturated rings. The Morgan fingerprint density at radius 3 is 2.52 bits per heavy atom. The fraction of sp³-hybridized carbons (Fsp3) is 0.143. The van der Waals surface area contributed by atoms with Gasteiger partial charge in [0.1, 0.15) is 17.5 Å². The van der Waals surface area contributed by atoms with Crippen molar-refractivity contribution in [2.24, 2.45) is 5.73 Å². The predicted octanol–water partition coefficient (Wildman–Crippen LogP) is 2.77. The van der Waals surface area contributed by atoms with Crippen LogP contribution in [-0.2, 0) is 0 Å². The lowest BCUT2D eigenvalue weighted by Crippen LogP contribution is -2.15. The number of primary amides is 1. The van der Waals surface area contributed by atoms with Crippen LogP contribution in [-0.4, -0.2) is 10.9 Å². The van der Waals surface area contributed by atoms with Crippen LogP contribution in [0.5, 0.6) is 0 Å². The Kier molecular flexibility index (Phi) is 4.11. The number of nitrogens with two attached hydrogens (primary N) is 1. The smallest absolute Gasteiger partial charge is 0.251 e. The van der Waals surface area contributed by atoms with E-state index in [-0.39, 0.29) is 5.69 Å². The van der Waals surface area contributed by atoms with E-state index in [9.17, 15) is 18.0 Å². The maximum Gasteiger partial charge on any atom is 0.251 e. The number of carbonyl (C=O) groups excluding carboxylic acids is 1. The van der Waals surface area contributed by atoms with Gasteiger partial charge in [-0.3, -0.25) is 9.78 Å². The summed E-state index contributed by atoms with van der Waals surface area (Å²) in [6.45, 7) is 1.64. The lowest BCUT2D eigenvalue weighted by atomic mass is 10.1. The number of rotatable bonds is 4. The minimum absolute atomic E-state index is 0.109. The Morgan fingerprint density at radius 1 is 1.19 bits per heavy atom. The number of carbonyl (C=O) groups is 1. The van der Waals surface area contributed by atoms with Gasteiger partial charge in [0, 0.05) is 12.3 Å². The summed E-state index contributed by atoms with van der Waals surface area (Å²) in [6.07, 6.45) is 2.46. The highest BCUT2D eigenvalue weighted by molar-refractivity contribution is 5.94. The van der Waals surface area contributed by atoms with Crippen molar-refractivity contribution in [2.45, 2.75) is 13.0 Å². The van der Waals surface area contributed by atoms with E-state index in [2.05, 4.69) is 10.3 Å². The molecule has 1 heterocycles. The monoisotopic (exact) mass is 295 g/mol. The second-order valence-corrected chi connectivity index (χ2v) is 4.48. The Hall–Kier alpha value is -2.57. The number of pyridine rings is 1. The molecule has 0 radical (unpaired) electrons. The number of benzene rings is 1. The summed E-state index contributed by atoms with van der Waals surface area (Å²) in [5.74, 6) is -3.45. The highest BCUT2D eigenvalue weighted by Gasteiger charge is 2.16. The average molecular weight is 295 g/mol. The predicted molar refractivity (Wildman–Crippen MR) is 71.1 cm³/mol. The number of aromatic nitrogens is 1. The second-order valence-electron chi connectivity index (χ2n) is 4.48. The van der Waals surface area contributed by atoms with Gasteiger partial charge in [-0.25, -0.2) is 13.2 Å². The van der Waals surface area contributed by atoms with Gasteiger partial charge in [0.25, 0.3) is 5.91 Å². The number of anilines is 1. The quantitative estimate of drug-likeness (QED) is 0.911. The van der Waals surface area contributed by atoms with E-state index < -0.39 is 35.0 Å². The summed E-state index contributed by atoms with van der Waals surface area (Å²) in [6, 6.07) is 2.28. The highest BCUT2D eigenvalue weighted by Crippen LogP contribution is 2.24. The number of hydrogen-bond donors (Lipinski definition) is 2. The molecule has 4 nitrogen and oxygen atoms in total. The van der Waals surface area contributed by atoms with Gasteiger partial charge >= 0.3 is 0 Å². The molecular formula is C14H12F3N3O. The van der Waals surface area contributed by atoms with Crippen LogP contribution in [0, 0.1) is 17.5 Å². The summed E-state index contributed by atoms with van der Waals surface area (Å²) < 4.78 is 40.2. The Labute approximate surface area is 118 Å². The first-order valence-electron chi connectivity index (χ1n) is 6.04. The minimum atomic E-state index is -1.04. The molecule has 7 heteroatoms. The molecule has 21 heavy (non-hydrogen) atoms. The van der Waals surface area contributed by atoms with E-state index in [1.54, 1.807) is 6.92 Å². The third kappa shape index (κ3) is 3.31. The normalized spacial score (nSPS) is 12.0. The lowest BCUT2D eigenvalue weighted by molar-refractivity contribution is 0.0996. The molecule has 110 valence electrons. The Morgan fingerprint density at radius 2 is 1.90 bits per heavy atom. The number of amides is 1. The van der Waals surface area contributed by atoms with Gasteiger partial charge in [-0.2, -0.15) is 0 Å². The molecule has 2 aromatic rings. The summed E-state index contributed by atoms with van der Waals surface area (Å²) in [5.41, 5.74) is 4.94. The number of hydrogen-bond acceptors (Lipinski definition) is 3. The van der Waals surface area contributed by atoms with Crippen LogP contribution in [0.2, 0.25) is 0 Å². The molecule has 1 aromatic carbocycles. The minimum Gasteiger partial charge on any atom is -0.376 e. The molecule has 0 spiro atoms. The summed E-state index contributed by atoms with van der Waals surface area (Å²) >= 11 is 0.